The monoisotopic (exact) mass is 167 g/mol. The SMILES string of the molecule is CC1CCCC2(CCCC2)C1N. The van der Waals surface area contributed by atoms with Gasteiger partial charge >= 0.3 is 0 Å². The molecule has 2 saturated carbocycles. The van der Waals surface area contributed by atoms with Crippen LogP contribution in [0.3, 0.4) is 0 Å². The highest BCUT2D eigenvalue weighted by atomic mass is 14.7. The molecular formula is C11H21N. The van der Waals surface area contributed by atoms with Gasteiger partial charge in [0.1, 0.15) is 0 Å². The fourth-order valence-corrected chi connectivity index (χ4v) is 3.39. The summed E-state index contributed by atoms with van der Waals surface area (Å²) in [6.07, 6.45) is 9.90. The van der Waals surface area contributed by atoms with Crippen LogP contribution in [0.4, 0.5) is 0 Å². The molecule has 2 aliphatic carbocycles. The molecule has 1 nitrogen and oxygen atoms in total. The van der Waals surface area contributed by atoms with E-state index in [4.69, 9.17) is 5.73 Å². The largest absolute Gasteiger partial charge is 0.327 e. The van der Waals surface area contributed by atoms with E-state index >= 15 is 0 Å². The van der Waals surface area contributed by atoms with Gasteiger partial charge in [0.25, 0.3) is 0 Å². The maximum atomic E-state index is 6.32. The second kappa shape index (κ2) is 3.02. The van der Waals surface area contributed by atoms with Gasteiger partial charge in [-0.25, -0.2) is 0 Å². The lowest BCUT2D eigenvalue weighted by atomic mass is 9.65. The van der Waals surface area contributed by atoms with Gasteiger partial charge in [0, 0.05) is 6.04 Å². The Morgan fingerprint density at radius 3 is 2.33 bits per heavy atom. The average molecular weight is 167 g/mol. The third-order valence-corrected chi connectivity index (χ3v) is 4.25. The van der Waals surface area contributed by atoms with Crippen LogP contribution in [0.2, 0.25) is 0 Å². The molecule has 70 valence electrons. The first kappa shape index (κ1) is 8.55. The fourth-order valence-electron chi connectivity index (χ4n) is 3.39. The highest BCUT2D eigenvalue weighted by Gasteiger charge is 2.43. The van der Waals surface area contributed by atoms with Crippen molar-refractivity contribution in [1.82, 2.24) is 0 Å². The summed E-state index contributed by atoms with van der Waals surface area (Å²) >= 11 is 0. The van der Waals surface area contributed by atoms with Crippen molar-refractivity contribution in [2.24, 2.45) is 17.1 Å². The standard InChI is InChI=1S/C11H21N/c1-9-5-4-8-11(10(9)12)6-2-3-7-11/h9-10H,2-8,12H2,1H3. The quantitative estimate of drug-likeness (QED) is 0.590. The molecule has 0 saturated heterocycles. The maximum absolute atomic E-state index is 6.32. The summed E-state index contributed by atoms with van der Waals surface area (Å²) in [5, 5.41) is 0. The number of hydrogen-bond donors (Lipinski definition) is 1. The Labute approximate surface area is 75.7 Å². The first-order chi connectivity index (χ1) is 5.75. The number of hydrogen-bond acceptors (Lipinski definition) is 1. The summed E-state index contributed by atoms with van der Waals surface area (Å²) in [4.78, 5) is 0. The summed E-state index contributed by atoms with van der Waals surface area (Å²) < 4.78 is 0. The summed E-state index contributed by atoms with van der Waals surface area (Å²) in [7, 11) is 0. The van der Waals surface area contributed by atoms with Crippen LogP contribution in [0, 0.1) is 11.3 Å². The minimum atomic E-state index is 0.508. The van der Waals surface area contributed by atoms with Gasteiger partial charge in [0.2, 0.25) is 0 Å². The predicted molar refractivity (Wildman–Crippen MR) is 51.9 cm³/mol. The molecule has 12 heavy (non-hydrogen) atoms. The molecule has 1 spiro atoms. The zero-order chi connectivity index (χ0) is 8.60. The minimum Gasteiger partial charge on any atom is -0.327 e. The van der Waals surface area contributed by atoms with Crippen molar-refractivity contribution in [3.05, 3.63) is 0 Å². The molecule has 0 radical (unpaired) electrons. The summed E-state index contributed by atoms with van der Waals surface area (Å²) in [6.45, 7) is 2.34. The summed E-state index contributed by atoms with van der Waals surface area (Å²) in [6, 6.07) is 0.508. The van der Waals surface area contributed by atoms with E-state index in [2.05, 4.69) is 6.92 Å². The van der Waals surface area contributed by atoms with E-state index in [-0.39, 0.29) is 0 Å². The van der Waals surface area contributed by atoms with Crippen molar-refractivity contribution in [2.75, 3.05) is 0 Å². The van der Waals surface area contributed by atoms with Crippen LogP contribution in [0.15, 0.2) is 0 Å². The Bertz CT molecular complexity index is 158. The molecule has 2 aliphatic rings. The molecule has 0 aromatic carbocycles. The molecule has 2 N–H and O–H groups in total. The average Bonchev–Trinajstić information content (AvgIpc) is 2.50. The Morgan fingerprint density at radius 2 is 1.67 bits per heavy atom. The lowest BCUT2D eigenvalue weighted by Gasteiger charge is -2.43. The third kappa shape index (κ3) is 1.19. The maximum Gasteiger partial charge on any atom is 0.0121 e. The van der Waals surface area contributed by atoms with Crippen molar-refractivity contribution in [3.63, 3.8) is 0 Å². The van der Waals surface area contributed by atoms with Crippen molar-refractivity contribution in [2.45, 2.75) is 57.9 Å². The van der Waals surface area contributed by atoms with Gasteiger partial charge in [-0.1, -0.05) is 26.2 Å². The van der Waals surface area contributed by atoms with Gasteiger partial charge in [-0.2, -0.15) is 0 Å². The zero-order valence-electron chi connectivity index (χ0n) is 8.18. The molecular weight excluding hydrogens is 146 g/mol. The Kier molecular flexibility index (Phi) is 2.16. The lowest BCUT2D eigenvalue weighted by Crippen LogP contribution is -2.47. The minimum absolute atomic E-state index is 0.508. The highest BCUT2D eigenvalue weighted by molar-refractivity contribution is 4.97. The molecule has 2 unspecified atom stereocenters. The van der Waals surface area contributed by atoms with Crippen molar-refractivity contribution in [1.29, 1.82) is 0 Å². The summed E-state index contributed by atoms with van der Waals surface area (Å²) in [5.41, 5.74) is 6.90. The van der Waals surface area contributed by atoms with Gasteiger partial charge in [0.15, 0.2) is 0 Å². The van der Waals surface area contributed by atoms with Gasteiger partial charge < -0.3 is 5.73 Å². The van der Waals surface area contributed by atoms with Gasteiger partial charge in [-0.3, -0.25) is 0 Å². The predicted octanol–water partition coefficient (Wildman–Crippen LogP) is 2.69. The molecule has 0 aromatic heterocycles. The first-order valence-electron chi connectivity index (χ1n) is 5.50. The normalized spacial score (nSPS) is 40.5. The Hall–Kier alpha value is -0.0400. The molecule has 0 heterocycles. The van der Waals surface area contributed by atoms with E-state index < -0.39 is 0 Å². The zero-order valence-corrected chi connectivity index (χ0v) is 8.18. The van der Waals surface area contributed by atoms with Crippen LogP contribution in [-0.4, -0.2) is 6.04 Å². The van der Waals surface area contributed by atoms with Crippen molar-refractivity contribution in [3.8, 4) is 0 Å². The second-order valence-corrected chi connectivity index (χ2v) is 4.96. The van der Waals surface area contributed by atoms with Gasteiger partial charge in [-0.05, 0) is 37.0 Å². The molecule has 0 aliphatic heterocycles. The molecule has 2 rings (SSSR count). The summed E-state index contributed by atoms with van der Waals surface area (Å²) in [5.74, 6) is 0.775. The fraction of sp³-hybridized carbons (Fsp3) is 1.00. The van der Waals surface area contributed by atoms with Gasteiger partial charge in [-0.15, -0.1) is 0 Å². The molecule has 1 heteroatoms. The molecule has 0 bridgehead atoms. The smallest absolute Gasteiger partial charge is 0.0121 e. The highest BCUT2D eigenvalue weighted by Crippen LogP contribution is 2.49. The van der Waals surface area contributed by atoms with E-state index in [1.165, 1.54) is 44.9 Å². The first-order valence-corrected chi connectivity index (χ1v) is 5.50. The van der Waals surface area contributed by atoms with Crippen LogP contribution in [0.25, 0.3) is 0 Å². The van der Waals surface area contributed by atoms with Crippen molar-refractivity contribution >= 4 is 0 Å². The van der Waals surface area contributed by atoms with Crippen LogP contribution < -0.4 is 5.73 Å². The van der Waals surface area contributed by atoms with E-state index in [0.717, 1.165) is 5.92 Å². The van der Waals surface area contributed by atoms with Crippen LogP contribution in [-0.2, 0) is 0 Å². The molecule has 2 fully saturated rings. The van der Waals surface area contributed by atoms with E-state index in [1.807, 2.05) is 0 Å². The van der Waals surface area contributed by atoms with E-state index in [1.54, 1.807) is 0 Å². The van der Waals surface area contributed by atoms with Crippen LogP contribution in [0.5, 0.6) is 0 Å². The van der Waals surface area contributed by atoms with Crippen molar-refractivity contribution < 1.29 is 0 Å². The number of nitrogens with two attached hydrogens (primary N) is 1. The molecule has 2 atom stereocenters. The third-order valence-electron chi connectivity index (χ3n) is 4.25. The molecule has 0 amide bonds. The Morgan fingerprint density at radius 1 is 1.08 bits per heavy atom. The lowest BCUT2D eigenvalue weighted by molar-refractivity contribution is 0.115. The topological polar surface area (TPSA) is 26.0 Å². The Balaban J connectivity index is 2.11. The van der Waals surface area contributed by atoms with Crippen LogP contribution >= 0.6 is 0 Å². The van der Waals surface area contributed by atoms with Gasteiger partial charge in [0.05, 0.1) is 0 Å². The number of rotatable bonds is 0. The van der Waals surface area contributed by atoms with Crippen LogP contribution in [0.1, 0.15) is 51.9 Å². The van der Waals surface area contributed by atoms with E-state index in [0.29, 0.717) is 11.5 Å². The van der Waals surface area contributed by atoms with E-state index in [9.17, 15) is 0 Å². The molecule has 0 aromatic rings. The second-order valence-electron chi connectivity index (χ2n) is 4.96.